The number of nitrogens with zero attached hydrogens (tertiary/aromatic N) is 3. The van der Waals surface area contributed by atoms with Crippen LogP contribution in [0, 0.1) is 17.0 Å². The van der Waals surface area contributed by atoms with Gasteiger partial charge in [-0.3, -0.25) is 14.8 Å². The third-order valence-electron chi connectivity index (χ3n) is 3.05. The number of aromatic nitrogens is 2. The van der Waals surface area contributed by atoms with Gasteiger partial charge in [-0.25, -0.2) is 0 Å². The standard InChI is InChI=1S/C13H15ClN4O2/c1-3-17-10(4-5-16-17)8-15-12-7-11(14)13(18(19)20)6-9(12)2/h4-7,15H,3,8H2,1-2H3. The maximum absolute atomic E-state index is 10.8. The number of benzene rings is 1. The Bertz CT molecular complexity index is 639. The first kappa shape index (κ1) is 14.3. The van der Waals surface area contributed by atoms with Crippen molar-refractivity contribution in [3.63, 3.8) is 0 Å². The van der Waals surface area contributed by atoms with Crippen molar-refractivity contribution in [3.8, 4) is 0 Å². The molecule has 0 aliphatic carbocycles. The van der Waals surface area contributed by atoms with Gasteiger partial charge in [0.15, 0.2) is 0 Å². The van der Waals surface area contributed by atoms with Crippen LogP contribution in [0.3, 0.4) is 0 Å². The van der Waals surface area contributed by atoms with Crippen molar-refractivity contribution in [3.05, 3.63) is 50.8 Å². The number of hydrogen-bond donors (Lipinski definition) is 1. The van der Waals surface area contributed by atoms with Gasteiger partial charge >= 0.3 is 0 Å². The van der Waals surface area contributed by atoms with E-state index in [9.17, 15) is 10.1 Å². The molecule has 0 amide bonds. The van der Waals surface area contributed by atoms with E-state index in [-0.39, 0.29) is 10.7 Å². The highest BCUT2D eigenvalue weighted by molar-refractivity contribution is 6.33. The molecule has 1 aromatic heterocycles. The van der Waals surface area contributed by atoms with Crippen molar-refractivity contribution in [2.24, 2.45) is 0 Å². The van der Waals surface area contributed by atoms with Crippen molar-refractivity contribution in [2.45, 2.75) is 26.9 Å². The van der Waals surface area contributed by atoms with Crippen LogP contribution in [0.15, 0.2) is 24.4 Å². The lowest BCUT2D eigenvalue weighted by atomic mass is 10.1. The summed E-state index contributed by atoms with van der Waals surface area (Å²) in [6, 6.07) is 4.99. The third kappa shape index (κ3) is 2.91. The van der Waals surface area contributed by atoms with E-state index in [4.69, 9.17) is 11.6 Å². The fourth-order valence-electron chi connectivity index (χ4n) is 1.98. The van der Waals surface area contributed by atoms with Crippen LogP contribution in [0.4, 0.5) is 11.4 Å². The number of aryl methyl sites for hydroxylation is 2. The summed E-state index contributed by atoms with van der Waals surface area (Å²) in [7, 11) is 0. The average molecular weight is 295 g/mol. The summed E-state index contributed by atoms with van der Waals surface area (Å²) in [5.41, 5.74) is 2.53. The fourth-order valence-corrected chi connectivity index (χ4v) is 2.21. The number of nitrogens with one attached hydrogen (secondary N) is 1. The van der Waals surface area contributed by atoms with Crippen LogP contribution < -0.4 is 5.32 Å². The molecule has 0 fully saturated rings. The van der Waals surface area contributed by atoms with Crippen LogP contribution >= 0.6 is 11.6 Å². The molecular formula is C13H15ClN4O2. The Morgan fingerprint density at radius 2 is 2.25 bits per heavy atom. The summed E-state index contributed by atoms with van der Waals surface area (Å²) in [6.07, 6.45) is 1.75. The van der Waals surface area contributed by atoms with Gasteiger partial charge in [-0.15, -0.1) is 0 Å². The van der Waals surface area contributed by atoms with Crippen LogP contribution in [0.1, 0.15) is 18.2 Å². The summed E-state index contributed by atoms with van der Waals surface area (Å²) in [4.78, 5) is 10.3. The van der Waals surface area contributed by atoms with Crippen molar-refractivity contribution in [1.29, 1.82) is 0 Å². The Kier molecular flexibility index (Phi) is 4.24. The molecule has 2 aromatic rings. The summed E-state index contributed by atoms with van der Waals surface area (Å²) < 4.78 is 1.88. The second kappa shape index (κ2) is 5.92. The van der Waals surface area contributed by atoms with Crippen LogP contribution in [0.2, 0.25) is 5.02 Å². The Labute approximate surface area is 121 Å². The second-order valence-corrected chi connectivity index (χ2v) is 4.77. The average Bonchev–Trinajstić information content (AvgIpc) is 2.86. The Hall–Kier alpha value is -2.08. The zero-order valence-corrected chi connectivity index (χ0v) is 12.0. The lowest BCUT2D eigenvalue weighted by Gasteiger charge is -2.11. The van der Waals surface area contributed by atoms with E-state index in [1.165, 1.54) is 6.07 Å². The maximum atomic E-state index is 10.8. The fraction of sp³-hybridized carbons (Fsp3) is 0.308. The van der Waals surface area contributed by atoms with E-state index >= 15 is 0 Å². The summed E-state index contributed by atoms with van der Waals surface area (Å²) in [6.45, 7) is 5.21. The second-order valence-electron chi connectivity index (χ2n) is 4.37. The third-order valence-corrected chi connectivity index (χ3v) is 3.36. The minimum atomic E-state index is -0.481. The first-order chi connectivity index (χ1) is 9.52. The predicted molar refractivity (Wildman–Crippen MR) is 78.1 cm³/mol. The SMILES string of the molecule is CCn1nccc1CNc1cc(Cl)c([N+](=O)[O-])cc1C. The molecule has 0 aliphatic rings. The van der Waals surface area contributed by atoms with E-state index in [2.05, 4.69) is 10.4 Å². The Morgan fingerprint density at radius 3 is 2.90 bits per heavy atom. The Morgan fingerprint density at radius 1 is 1.50 bits per heavy atom. The number of anilines is 1. The number of nitro groups is 1. The molecule has 0 unspecified atom stereocenters. The largest absolute Gasteiger partial charge is 0.379 e. The summed E-state index contributed by atoms with van der Waals surface area (Å²) in [5, 5.41) is 18.3. The van der Waals surface area contributed by atoms with Crippen LogP contribution in [-0.2, 0) is 13.1 Å². The molecular weight excluding hydrogens is 280 g/mol. The number of halogens is 1. The van der Waals surface area contributed by atoms with Gasteiger partial charge in [0.1, 0.15) is 5.02 Å². The van der Waals surface area contributed by atoms with Gasteiger partial charge in [-0.2, -0.15) is 5.10 Å². The predicted octanol–water partition coefficient (Wildman–Crippen LogP) is 3.39. The number of hydrogen-bond acceptors (Lipinski definition) is 4. The van der Waals surface area contributed by atoms with Crippen LogP contribution in [0.5, 0.6) is 0 Å². The normalized spacial score (nSPS) is 10.6. The highest BCUT2D eigenvalue weighted by atomic mass is 35.5. The van der Waals surface area contributed by atoms with Gasteiger partial charge in [-0.1, -0.05) is 11.6 Å². The Balaban J connectivity index is 2.18. The molecule has 20 heavy (non-hydrogen) atoms. The van der Waals surface area contributed by atoms with Gasteiger partial charge < -0.3 is 5.32 Å². The topological polar surface area (TPSA) is 73.0 Å². The molecule has 1 heterocycles. The zero-order valence-electron chi connectivity index (χ0n) is 11.3. The first-order valence-electron chi connectivity index (χ1n) is 6.22. The molecule has 0 radical (unpaired) electrons. The molecule has 2 rings (SSSR count). The van der Waals surface area contributed by atoms with Gasteiger partial charge in [-0.05, 0) is 31.5 Å². The molecule has 0 saturated heterocycles. The molecule has 0 spiro atoms. The number of rotatable bonds is 5. The quantitative estimate of drug-likeness (QED) is 0.677. The van der Waals surface area contributed by atoms with E-state index in [1.807, 2.05) is 24.6 Å². The zero-order chi connectivity index (χ0) is 14.7. The van der Waals surface area contributed by atoms with E-state index < -0.39 is 4.92 Å². The smallest absolute Gasteiger partial charge is 0.288 e. The highest BCUT2D eigenvalue weighted by Gasteiger charge is 2.15. The maximum Gasteiger partial charge on any atom is 0.288 e. The molecule has 0 aliphatic heterocycles. The van der Waals surface area contributed by atoms with Gasteiger partial charge in [0.05, 0.1) is 17.2 Å². The summed E-state index contributed by atoms with van der Waals surface area (Å²) >= 11 is 5.92. The van der Waals surface area contributed by atoms with Gasteiger partial charge in [0.2, 0.25) is 0 Å². The highest BCUT2D eigenvalue weighted by Crippen LogP contribution is 2.30. The molecule has 7 heteroatoms. The molecule has 0 bridgehead atoms. The molecule has 6 nitrogen and oxygen atoms in total. The lowest BCUT2D eigenvalue weighted by Crippen LogP contribution is -2.08. The molecule has 106 valence electrons. The van der Waals surface area contributed by atoms with E-state index in [0.29, 0.717) is 6.54 Å². The van der Waals surface area contributed by atoms with E-state index in [0.717, 1.165) is 23.5 Å². The summed E-state index contributed by atoms with van der Waals surface area (Å²) in [5.74, 6) is 0. The van der Waals surface area contributed by atoms with Crippen molar-refractivity contribution in [2.75, 3.05) is 5.32 Å². The van der Waals surface area contributed by atoms with Crippen molar-refractivity contribution < 1.29 is 4.92 Å². The molecule has 0 saturated carbocycles. The van der Waals surface area contributed by atoms with Gasteiger partial charge in [0, 0.05) is 24.5 Å². The minimum Gasteiger partial charge on any atom is -0.379 e. The van der Waals surface area contributed by atoms with Crippen molar-refractivity contribution in [1.82, 2.24) is 9.78 Å². The minimum absolute atomic E-state index is 0.0756. The molecule has 1 N–H and O–H groups in total. The first-order valence-corrected chi connectivity index (χ1v) is 6.59. The number of nitro benzene ring substituents is 1. The van der Waals surface area contributed by atoms with Gasteiger partial charge in [0.25, 0.3) is 5.69 Å². The molecule has 0 atom stereocenters. The lowest BCUT2D eigenvalue weighted by molar-refractivity contribution is -0.384. The molecule has 1 aromatic carbocycles. The van der Waals surface area contributed by atoms with Crippen LogP contribution in [0.25, 0.3) is 0 Å². The van der Waals surface area contributed by atoms with Crippen LogP contribution in [-0.4, -0.2) is 14.7 Å². The van der Waals surface area contributed by atoms with E-state index in [1.54, 1.807) is 12.3 Å². The van der Waals surface area contributed by atoms with Crippen molar-refractivity contribution >= 4 is 23.0 Å². The monoisotopic (exact) mass is 294 g/mol.